The Morgan fingerprint density at radius 1 is 1.19 bits per heavy atom. The molecule has 1 amide bonds. The van der Waals surface area contributed by atoms with E-state index in [1.165, 1.54) is 11.5 Å². The molecule has 27 heavy (non-hydrogen) atoms. The number of benzene rings is 2. The summed E-state index contributed by atoms with van der Waals surface area (Å²) in [6.45, 7) is -0.310. The van der Waals surface area contributed by atoms with Gasteiger partial charge in [0.1, 0.15) is 0 Å². The molecule has 10 heteroatoms. The molecule has 0 aliphatic carbocycles. The quantitative estimate of drug-likeness (QED) is 0.623. The van der Waals surface area contributed by atoms with Crippen molar-refractivity contribution in [2.75, 3.05) is 18.1 Å². The van der Waals surface area contributed by atoms with Crippen LogP contribution < -0.4 is 5.32 Å². The molecule has 142 valence electrons. The predicted molar refractivity (Wildman–Crippen MR) is 110 cm³/mol. The summed E-state index contributed by atoms with van der Waals surface area (Å²) in [5, 5.41) is 4.33. The van der Waals surface area contributed by atoms with Crippen molar-refractivity contribution in [1.82, 2.24) is 8.68 Å². The second-order valence-corrected chi connectivity index (χ2v) is 9.54. The van der Waals surface area contributed by atoms with Crippen LogP contribution in [0.2, 0.25) is 10.0 Å². The Morgan fingerprint density at radius 2 is 1.96 bits per heavy atom. The highest BCUT2D eigenvalue weighted by molar-refractivity contribution is 7.88. The summed E-state index contributed by atoms with van der Waals surface area (Å²) < 4.78 is 30.4. The highest BCUT2D eigenvalue weighted by Gasteiger charge is 2.21. The van der Waals surface area contributed by atoms with Crippen LogP contribution in [0.25, 0.3) is 10.1 Å². The Bertz CT molecular complexity index is 1100. The van der Waals surface area contributed by atoms with E-state index in [0.29, 0.717) is 21.3 Å². The Balaban J connectivity index is 1.73. The minimum absolute atomic E-state index is 0.0105. The van der Waals surface area contributed by atoms with Crippen molar-refractivity contribution >= 4 is 66.4 Å². The van der Waals surface area contributed by atoms with Gasteiger partial charge in [0, 0.05) is 23.8 Å². The SMILES string of the molecule is CS(=O)(=O)N(CC(=O)Nc1ccc2sncc2c1)Cc1ccc(Cl)c(Cl)c1. The first-order chi connectivity index (χ1) is 12.7. The minimum atomic E-state index is -3.61. The Morgan fingerprint density at radius 3 is 2.67 bits per heavy atom. The zero-order chi connectivity index (χ0) is 19.6. The monoisotopic (exact) mass is 443 g/mol. The summed E-state index contributed by atoms with van der Waals surface area (Å²) in [6, 6.07) is 10.2. The lowest BCUT2D eigenvalue weighted by molar-refractivity contribution is -0.116. The van der Waals surface area contributed by atoms with Gasteiger partial charge in [-0.05, 0) is 47.4 Å². The van der Waals surface area contributed by atoms with Crippen molar-refractivity contribution in [2.45, 2.75) is 6.54 Å². The molecule has 0 saturated heterocycles. The number of rotatable bonds is 6. The van der Waals surface area contributed by atoms with E-state index in [-0.39, 0.29) is 13.1 Å². The number of carbonyl (C=O) groups excluding carboxylic acids is 1. The number of anilines is 1. The van der Waals surface area contributed by atoms with Crippen molar-refractivity contribution in [3.8, 4) is 0 Å². The maximum atomic E-state index is 12.4. The van der Waals surface area contributed by atoms with Gasteiger partial charge in [-0.15, -0.1) is 0 Å². The Kier molecular flexibility index (Phi) is 6.02. The molecular weight excluding hydrogens is 429 g/mol. The second-order valence-electron chi connectivity index (χ2n) is 5.91. The average molecular weight is 444 g/mol. The fraction of sp³-hybridized carbons (Fsp3) is 0.176. The van der Waals surface area contributed by atoms with Gasteiger partial charge in [0.25, 0.3) is 0 Å². The third-order valence-electron chi connectivity index (χ3n) is 3.77. The molecule has 1 N–H and O–H groups in total. The third-order valence-corrected chi connectivity index (χ3v) is 6.48. The molecule has 0 atom stereocenters. The fourth-order valence-corrected chi connectivity index (χ4v) is 4.12. The largest absolute Gasteiger partial charge is 0.325 e. The number of carbonyl (C=O) groups is 1. The number of aromatic nitrogens is 1. The van der Waals surface area contributed by atoms with E-state index >= 15 is 0 Å². The summed E-state index contributed by atoms with van der Waals surface area (Å²) in [5.41, 5.74) is 1.21. The highest BCUT2D eigenvalue weighted by Crippen LogP contribution is 2.24. The maximum absolute atomic E-state index is 12.4. The van der Waals surface area contributed by atoms with Crippen molar-refractivity contribution in [2.24, 2.45) is 0 Å². The van der Waals surface area contributed by atoms with E-state index in [2.05, 4.69) is 9.69 Å². The van der Waals surface area contributed by atoms with Gasteiger partial charge in [-0.3, -0.25) is 4.79 Å². The van der Waals surface area contributed by atoms with Crippen LogP contribution in [0, 0.1) is 0 Å². The van der Waals surface area contributed by atoms with Gasteiger partial charge in [0.05, 0.1) is 27.5 Å². The lowest BCUT2D eigenvalue weighted by Gasteiger charge is -2.20. The predicted octanol–water partition coefficient (Wildman–Crippen LogP) is 4.00. The van der Waals surface area contributed by atoms with Crippen LogP contribution in [0.4, 0.5) is 5.69 Å². The van der Waals surface area contributed by atoms with E-state index < -0.39 is 15.9 Å². The molecular formula is C17H15Cl2N3O3S2. The molecule has 2 aromatic carbocycles. The first-order valence-electron chi connectivity index (χ1n) is 7.76. The van der Waals surface area contributed by atoms with Gasteiger partial charge in [-0.2, -0.15) is 8.68 Å². The lowest BCUT2D eigenvalue weighted by atomic mass is 10.2. The average Bonchev–Trinajstić information content (AvgIpc) is 3.04. The number of hydrogen-bond acceptors (Lipinski definition) is 5. The fourth-order valence-electron chi connectivity index (χ4n) is 2.44. The van der Waals surface area contributed by atoms with Gasteiger partial charge >= 0.3 is 0 Å². The lowest BCUT2D eigenvalue weighted by Crippen LogP contribution is -2.36. The maximum Gasteiger partial charge on any atom is 0.239 e. The summed E-state index contributed by atoms with van der Waals surface area (Å²) in [4.78, 5) is 12.4. The van der Waals surface area contributed by atoms with E-state index in [1.54, 1.807) is 36.5 Å². The van der Waals surface area contributed by atoms with Crippen molar-refractivity contribution in [3.05, 3.63) is 58.2 Å². The van der Waals surface area contributed by atoms with Crippen LogP contribution in [0.15, 0.2) is 42.6 Å². The van der Waals surface area contributed by atoms with Crippen LogP contribution in [0.1, 0.15) is 5.56 Å². The molecule has 0 bridgehead atoms. The Labute approximate surface area is 170 Å². The Hall–Kier alpha value is -1.71. The van der Waals surface area contributed by atoms with E-state index in [0.717, 1.165) is 20.6 Å². The topological polar surface area (TPSA) is 79.4 Å². The number of amides is 1. The molecule has 0 fully saturated rings. The van der Waals surface area contributed by atoms with Gasteiger partial charge in [-0.25, -0.2) is 8.42 Å². The highest BCUT2D eigenvalue weighted by atomic mass is 35.5. The molecule has 0 unspecified atom stereocenters. The molecule has 3 aromatic rings. The first kappa shape index (κ1) is 20.0. The number of nitrogens with zero attached hydrogens (tertiary/aromatic N) is 2. The third kappa shape index (κ3) is 5.18. The van der Waals surface area contributed by atoms with Gasteiger partial charge in [0.2, 0.25) is 15.9 Å². The number of fused-ring (bicyclic) bond motifs is 1. The van der Waals surface area contributed by atoms with Crippen LogP contribution in [0.5, 0.6) is 0 Å². The van der Waals surface area contributed by atoms with Crippen molar-refractivity contribution in [3.63, 3.8) is 0 Å². The number of nitrogens with one attached hydrogen (secondary N) is 1. The van der Waals surface area contributed by atoms with Crippen LogP contribution >= 0.6 is 34.7 Å². The molecule has 1 aromatic heterocycles. The first-order valence-corrected chi connectivity index (χ1v) is 11.1. The second kappa shape index (κ2) is 8.12. The molecule has 0 aliphatic heterocycles. The number of sulfonamides is 1. The molecule has 0 spiro atoms. The number of halogens is 2. The smallest absolute Gasteiger partial charge is 0.239 e. The van der Waals surface area contributed by atoms with Gasteiger partial charge in [0.15, 0.2) is 0 Å². The molecule has 0 saturated carbocycles. The van der Waals surface area contributed by atoms with Crippen molar-refractivity contribution in [1.29, 1.82) is 0 Å². The van der Waals surface area contributed by atoms with E-state index in [9.17, 15) is 13.2 Å². The summed E-state index contributed by atoms with van der Waals surface area (Å²) in [6.07, 6.45) is 2.77. The number of hydrogen-bond donors (Lipinski definition) is 1. The van der Waals surface area contributed by atoms with E-state index in [1.807, 2.05) is 6.07 Å². The molecule has 1 heterocycles. The van der Waals surface area contributed by atoms with Crippen LogP contribution in [-0.2, 0) is 21.4 Å². The summed E-state index contributed by atoms with van der Waals surface area (Å²) in [5.74, 6) is -0.442. The van der Waals surface area contributed by atoms with Crippen LogP contribution in [0.3, 0.4) is 0 Å². The van der Waals surface area contributed by atoms with Gasteiger partial charge < -0.3 is 5.32 Å². The summed E-state index contributed by atoms with van der Waals surface area (Å²) in [7, 11) is -3.61. The van der Waals surface area contributed by atoms with Crippen molar-refractivity contribution < 1.29 is 13.2 Å². The standard InChI is InChI=1S/C17H15Cl2N3O3S2/c1-27(24,25)22(9-11-2-4-14(18)15(19)6-11)10-17(23)21-13-3-5-16-12(7-13)8-20-26-16/h2-8H,9-10H2,1H3,(H,21,23). The molecule has 3 rings (SSSR count). The van der Waals surface area contributed by atoms with E-state index in [4.69, 9.17) is 23.2 Å². The summed E-state index contributed by atoms with van der Waals surface area (Å²) >= 11 is 13.2. The normalized spacial score (nSPS) is 11.9. The molecule has 0 radical (unpaired) electrons. The van der Waals surface area contributed by atoms with Gasteiger partial charge in [-0.1, -0.05) is 29.3 Å². The van der Waals surface area contributed by atoms with Crippen LogP contribution in [-0.4, -0.2) is 35.8 Å². The molecule has 6 nitrogen and oxygen atoms in total. The zero-order valence-corrected chi connectivity index (χ0v) is 17.3. The zero-order valence-electron chi connectivity index (χ0n) is 14.1. The molecule has 0 aliphatic rings. The minimum Gasteiger partial charge on any atom is -0.325 e.